The van der Waals surface area contributed by atoms with Gasteiger partial charge >= 0.3 is 0 Å². The van der Waals surface area contributed by atoms with Crippen LogP contribution in [0.1, 0.15) is 5.56 Å². The Hall–Kier alpha value is -1.09. The molecule has 2 rings (SSSR count). The number of anilines is 1. The minimum absolute atomic E-state index is 0.799. The molecule has 0 bridgehead atoms. The number of pyridine rings is 1. The van der Waals surface area contributed by atoms with E-state index in [1.54, 1.807) is 0 Å². The minimum atomic E-state index is 0.799. The summed E-state index contributed by atoms with van der Waals surface area (Å²) in [6, 6.07) is 2.03. The summed E-state index contributed by atoms with van der Waals surface area (Å²) in [4.78, 5) is 4.05. The van der Waals surface area contributed by atoms with Gasteiger partial charge in [-0.25, -0.2) is 0 Å². The van der Waals surface area contributed by atoms with Crippen LogP contribution in [0.15, 0.2) is 18.5 Å². The summed E-state index contributed by atoms with van der Waals surface area (Å²) >= 11 is 0. The van der Waals surface area contributed by atoms with Crippen LogP contribution in [0.3, 0.4) is 0 Å². The average Bonchev–Trinajstić information content (AvgIpc) is 2.05. The number of hydrogen-bond acceptors (Lipinski definition) is 3. The molecule has 1 aromatic heterocycles. The Morgan fingerprint density at radius 2 is 2.46 bits per heavy atom. The minimum Gasteiger partial charge on any atom is -0.384 e. The standard InChI is InChI=1S/C10H15N3/c1-8-4-11-3-2-10(8)13-7-9-5-12-6-9/h2-4,9,12H,5-7H2,1H3,(H,11,13). The second kappa shape index (κ2) is 3.75. The molecule has 13 heavy (non-hydrogen) atoms. The van der Waals surface area contributed by atoms with Gasteiger partial charge in [-0.15, -0.1) is 0 Å². The van der Waals surface area contributed by atoms with Crippen LogP contribution in [-0.4, -0.2) is 24.6 Å². The fourth-order valence-electron chi connectivity index (χ4n) is 1.42. The molecule has 0 radical (unpaired) electrons. The van der Waals surface area contributed by atoms with E-state index in [4.69, 9.17) is 0 Å². The predicted molar refractivity (Wildman–Crippen MR) is 53.8 cm³/mol. The summed E-state index contributed by atoms with van der Waals surface area (Å²) in [6.45, 7) is 5.44. The van der Waals surface area contributed by atoms with Gasteiger partial charge in [-0.1, -0.05) is 0 Å². The smallest absolute Gasteiger partial charge is 0.0400 e. The number of aromatic nitrogens is 1. The highest BCUT2D eigenvalue weighted by Crippen LogP contribution is 2.13. The van der Waals surface area contributed by atoms with Crippen LogP contribution in [0.4, 0.5) is 5.69 Å². The molecule has 3 nitrogen and oxygen atoms in total. The number of nitrogens with zero attached hydrogens (tertiary/aromatic N) is 1. The van der Waals surface area contributed by atoms with Crippen molar-refractivity contribution in [3.05, 3.63) is 24.0 Å². The lowest BCUT2D eigenvalue weighted by molar-refractivity contribution is 0.365. The Labute approximate surface area is 78.6 Å². The van der Waals surface area contributed by atoms with Gasteiger partial charge in [-0.05, 0) is 18.6 Å². The van der Waals surface area contributed by atoms with Crippen LogP contribution in [0.2, 0.25) is 0 Å². The number of nitrogens with one attached hydrogen (secondary N) is 2. The van der Waals surface area contributed by atoms with Crippen LogP contribution in [0.5, 0.6) is 0 Å². The molecule has 3 heteroatoms. The fraction of sp³-hybridized carbons (Fsp3) is 0.500. The third-order valence-corrected chi connectivity index (χ3v) is 2.47. The topological polar surface area (TPSA) is 37.0 Å². The normalized spacial score (nSPS) is 16.7. The molecule has 70 valence electrons. The zero-order chi connectivity index (χ0) is 9.10. The summed E-state index contributed by atoms with van der Waals surface area (Å²) in [7, 11) is 0. The molecule has 2 heterocycles. The summed E-state index contributed by atoms with van der Waals surface area (Å²) in [5.74, 6) is 0.799. The maximum Gasteiger partial charge on any atom is 0.0400 e. The van der Waals surface area contributed by atoms with Crippen LogP contribution in [0, 0.1) is 12.8 Å². The molecular weight excluding hydrogens is 162 g/mol. The molecule has 0 atom stereocenters. The molecular formula is C10H15N3. The summed E-state index contributed by atoms with van der Waals surface area (Å²) in [6.07, 6.45) is 3.72. The molecule has 1 aromatic rings. The van der Waals surface area contributed by atoms with Gasteiger partial charge in [0.2, 0.25) is 0 Å². The van der Waals surface area contributed by atoms with Crippen molar-refractivity contribution < 1.29 is 0 Å². The van der Waals surface area contributed by atoms with Gasteiger partial charge in [0.05, 0.1) is 0 Å². The lowest BCUT2D eigenvalue weighted by atomic mass is 10.0. The molecule has 2 N–H and O–H groups in total. The molecule has 0 unspecified atom stereocenters. The van der Waals surface area contributed by atoms with Crippen molar-refractivity contribution in [1.82, 2.24) is 10.3 Å². The Morgan fingerprint density at radius 1 is 1.62 bits per heavy atom. The van der Waals surface area contributed by atoms with Crippen LogP contribution in [0.25, 0.3) is 0 Å². The van der Waals surface area contributed by atoms with Gasteiger partial charge in [-0.2, -0.15) is 0 Å². The lowest BCUT2D eigenvalue weighted by Gasteiger charge is -2.27. The van der Waals surface area contributed by atoms with E-state index in [-0.39, 0.29) is 0 Å². The van der Waals surface area contributed by atoms with Crippen molar-refractivity contribution in [2.75, 3.05) is 25.0 Å². The van der Waals surface area contributed by atoms with Crippen molar-refractivity contribution in [1.29, 1.82) is 0 Å². The fourth-order valence-corrected chi connectivity index (χ4v) is 1.42. The molecule has 0 saturated carbocycles. The van der Waals surface area contributed by atoms with Gasteiger partial charge < -0.3 is 10.6 Å². The number of rotatable bonds is 3. The Bertz CT molecular complexity index is 281. The summed E-state index contributed by atoms with van der Waals surface area (Å²) < 4.78 is 0. The first-order valence-corrected chi connectivity index (χ1v) is 4.71. The highest BCUT2D eigenvalue weighted by Gasteiger charge is 2.15. The summed E-state index contributed by atoms with van der Waals surface area (Å²) in [5, 5.41) is 6.69. The zero-order valence-corrected chi connectivity index (χ0v) is 7.88. The van der Waals surface area contributed by atoms with E-state index in [0.29, 0.717) is 0 Å². The second-order valence-corrected chi connectivity index (χ2v) is 3.60. The molecule has 0 amide bonds. The van der Waals surface area contributed by atoms with Crippen LogP contribution >= 0.6 is 0 Å². The molecule has 1 aliphatic heterocycles. The van der Waals surface area contributed by atoms with E-state index in [2.05, 4.69) is 22.5 Å². The van der Waals surface area contributed by atoms with E-state index in [9.17, 15) is 0 Å². The average molecular weight is 177 g/mol. The first-order valence-electron chi connectivity index (χ1n) is 4.71. The van der Waals surface area contributed by atoms with Crippen molar-refractivity contribution in [2.24, 2.45) is 5.92 Å². The molecule has 1 aliphatic rings. The highest BCUT2D eigenvalue weighted by molar-refractivity contribution is 5.48. The molecule has 1 fully saturated rings. The first-order chi connectivity index (χ1) is 6.36. The number of aryl methyl sites for hydroxylation is 1. The van der Waals surface area contributed by atoms with Gasteiger partial charge in [0.15, 0.2) is 0 Å². The van der Waals surface area contributed by atoms with E-state index in [1.807, 2.05) is 18.5 Å². The zero-order valence-electron chi connectivity index (χ0n) is 7.88. The van der Waals surface area contributed by atoms with Gasteiger partial charge in [0, 0.05) is 43.6 Å². The maximum absolute atomic E-state index is 4.05. The second-order valence-electron chi connectivity index (χ2n) is 3.60. The first kappa shape index (κ1) is 8.51. The van der Waals surface area contributed by atoms with Crippen molar-refractivity contribution in [2.45, 2.75) is 6.92 Å². The van der Waals surface area contributed by atoms with Crippen LogP contribution < -0.4 is 10.6 Å². The van der Waals surface area contributed by atoms with E-state index in [1.165, 1.54) is 11.3 Å². The summed E-state index contributed by atoms with van der Waals surface area (Å²) in [5.41, 5.74) is 2.43. The van der Waals surface area contributed by atoms with Crippen molar-refractivity contribution in [3.8, 4) is 0 Å². The monoisotopic (exact) mass is 177 g/mol. The van der Waals surface area contributed by atoms with Crippen LogP contribution in [-0.2, 0) is 0 Å². The third kappa shape index (κ3) is 1.98. The maximum atomic E-state index is 4.05. The van der Waals surface area contributed by atoms with Gasteiger partial charge in [0.1, 0.15) is 0 Å². The Kier molecular flexibility index (Phi) is 2.45. The Morgan fingerprint density at radius 3 is 3.08 bits per heavy atom. The van der Waals surface area contributed by atoms with Crippen molar-refractivity contribution >= 4 is 5.69 Å². The van der Waals surface area contributed by atoms with E-state index in [0.717, 1.165) is 25.6 Å². The predicted octanol–water partition coefficient (Wildman–Crippen LogP) is 1.02. The van der Waals surface area contributed by atoms with Gasteiger partial charge in [0.25, 0.3) is 0 Å². The largest absolute Gasteiger partial charge is 0.384 e. The van der Waals surface area contributed by atoms with Crippen molar-refractivity contribution in [3.63, 3.8) is 0 Å². The highest BCUT2D eigenvalue weighted by atomic mass is 15.0. The quantitative estimate of drug-likeness (QED) is 0.724. The molecule has 0 aliphatic carbocycles. The SMILES string of the molecule is Cc1cnccc1NCC1CNC1. The molecule has 0 spiro atoms. The van der Waals surface area contributed by atoms with E-state index < -0.39 is 0 Å². The van der Waals surface area contributed by atoms with E-state index >= 15 is 0 Å². The Balaban J connectivity index is 1.89. The molecule has 1 saturated heterocycles. The third-order valence-electron chi connectivity index (χ3n) is 2.47. The molecule has 0 aromatic carbocycles. The lowest BCUT2D eigenvalue weighted by Crippen LogP contribution is -2.45. The number of hydrogen-bond donors (Lipinski definition) is 2. The van der Waals surface area contributed by atoms with Gasteiger partial charge in [-0.3, -0.25) is 4.98 Å².